The highest BCUT2D eigenvalue weighted by Crippen LogP contribution is 2.32. The molecule has 21 nitrogen and oxygen atoms in total. The number of ether oxygens (including phenoxy) is 3. The third kappa shape index (κ3) is 22.6. The molecule has 9 rings (SSSR count). The molecule has 0 unspecified atom stereocenters. The Morgan fingerprint density at radius 1 is 0.402 bits per heavy atom. The fraction of sp³-hybridized carbons (Fsp3) is 0.342. The molecular formula is C73H91N9O12S3. The molecule has 518 valence electrons. The van der Waals surface area contributed by atoms with E-state index in [1.54, 1.807) is 63.4 Å². The minimum atomic E-state index is -3.31. The Morgan fingerprint density at radius 2 is 0.711 bits per heavy atom. The molecule has 0 bridgehead atoms. The molecule has 9 aromatic rings. The smallest absolute Gasteiger partial charge is 0.327 e. The van der Waals surface area contributed by atoms with Crippen LogP contribution in [0.1, 0.15) is 43.9 Å². The van der Waals surface area contributed by atoms with Gasteiger partial charge in [-0.2, -0.15) is 15.3 Å². The number of likely N-dealkylation sites (N-methyl/N-ethyl adjacent to an activating group) is 3. The summed E-state index contributed by atoms with van der Waals surface area (Å²) >= 11 is 0. The first kappa shape index (κ1) is 77.1. The number of carbonyl (C=O) groups is 3. The number of esters is 3. The van der Waals surface area contributed by atoms with Gasteiger partial charge in [0.1, 0.15) is 39.5 Å². The molecule has 0 saturated heterocycles. The van der Waals surface area contributed by atoms with Crippen molar-refractivity contribution in [3.8, 4) is 67.2 Å². The molecule has 24 heteroatoms. The van der Waals surface area contributed by atoms with Crippen LogP contribution < -0.4 is 0 Å². The van der Waals surface area contributed by atoms with Crippen LogP contribution in [0.3, 0.4) is 0 Å². The summed E-state index contributed by atoms with van der Waals surface area (Å²) in [7, 11) is 1.69. The summed E-state index contributed by atoms with van der Waals surface area (Å²) in [5, 5.41) is 13.3. The summed E-state index contributed by atoms with van der Waals surface area (Å²) < 4.78 is 93.3. The first-order valence-corrected chi connectivity index (χ1v) is 36.7. The lowest BCUT2D eigenvalue weighted by Crippen LogP contribution is -2.22. The van der Waals surface area contributed by atoms with Crippen LogP contribution in [0.5, 0.6) is 0 Å². The third-order valence-corrected chi connectivity index (χ3v) is 19.2. The maximum Gasteiger partial charge on any atom is 0.327 e. The fourth-order valence-corrected chi connectivity index (χ4v) is 12.7. The fourth-order valence-electron chi connectivity index (χ4n) is 10.0. The van der Waals surface area contributed by atoms with Gasteiger partial charge in [0.2, 0.25) is 0 Å². The average Bonchev–Trinajstić information content (AvgIpc) is 1.80. The molecule has 0 aliphatic rings. The first-order chi connectivity index (χ1) is 45.4. The summed E-state index contributed by atoms with van der Waals surface area (Å²) in [4.78, 5) is 43.5. The Balaban J connectivity index is 0.000000229. The molecule has 0 spiro atoms. The van der Waals surface area contributed by atoms with E-state index in [9.17, 15) is 39.6 Å². The van der Waals surface area contributed by atoms with Crippen LogP contribution in [0.2, 0.25) is 0 Å². The summed E-state index contributed by atoms with van der Waals surface area (Å²) in [6, 6.07) is 48.5. The Kier molecular flexibility index (Phi) is 27.7. The SMILES string of the molecule is C.CCS(=O)(=O)c1cccc(-c2ccc(-c3cc(C)nn3CC(=O)OCCN(C)C)cc2)c1.CCc1ccc(-c2ccc(-c3cc(C)nn3CC(=O)OCCN(C)C)cc2)cc1S(C)(=O)=O.Cc1cc(-c2ccc(-c3cccc(S(C)(=O)=O)c3)cc2)n(CC(=O)OCCN(C)C)n1. The molecule has 0 fully saturated rings. The van der Waals surface area contributed by atoms with E-state index in [2.05, 4.69) is 15.3 Å². The van der Waals surface area contributed by atoms with Crippen molar-refractivity contribution in [3.63, 3.8) is 0 Å². The molecule has 3 aromatic heterocycles. The highest BCUT2D eigenvalue weighted by molar-refractivity contribution is 7.91. The van der Waals surface area contributed by atoms with Crippen LogP contribution in [0.25, 0.3) is 67.2 Å². The number of hydrogen-bond acceptors (Lipinski definition) is 18. The van der Waals surface area contributed by atoms with Crippen LogP contribution in [0, 0.1) is 20.8 Å². The van der Waals surface area contributed by atoms with Crippen molar-refractivity contribution in [1.29, 1.82) is 0 Å². The van der Waals surface area contributed by atoms with Gasteiger partial charge in [-0.1, -0.05) is 130 Å². The van der Waals surface area contributed by atoms with Crippen LogP contribution in [-0.4, -0.2) is 187 Å². The van der Waals surface area contributed by atoms with Gasteiger partial charge in [0, 0.05) is 32.1 Å². The normalized spacial score (nSPS) is 11.5. The van der Waals surface area contributed by atoms with Gasteiger partial charge in [0.15, 0.2) is 29.5 Å². The first-order valence-electron chi connectivity index (χ1n) is 31.2. The molecule has 0 radical (unpaired) electrons. The Labute approximate surface area is 572 Å². The predicted molar refractivity (Wildman–Crippen MR) is 382 cm³/mol. The van der Waals surface area contributed by atoms with Gasteiger partial charge >= 0.3 is 17.9 Å². The van der Waals surface area contributed by atoms with Gasteiger partial charge in [-0.3, -0.25) is 28.4 Å². The van der Waals surface area contributed by atoms with Crippen molar-refractivity contribution in [2.24, 2.45) is 0 Å². The number of nitrogens with zero attached hydrogens (tertiary/aromatic N) is 9. The van der Waals surface area contributed by atoms with E-state index >= 15 is 0 Å². The van der Waals surface area contributed by atoms with Gasteiger partial charge in [0.05, 0.1) is 54.6 Å². The maximum atomic E-state index is 12.2. The minimum absolute atomic E-state index is 0. The molecule has 0 aliphatic carbocycles. The summed E-state index contributed by atoms with van der Waals surface area (Å²) in [5.74, 6) is -0.930. The van der Waals surface area contributed by atoms with Crippen molar-refractivity contribution >= 4 is 47.4 Å². The molecule has 0 aliphatic heterocycles. The minimum Gasteiger partial charge on any atom is -0.463 e. The van der Waals surface area contributed by atoms with Crippen LogP contribution in [0.15, 0.2) is 172 Å². The number of aromatic nitrogens is 6. The maximum absolute atomic E-state index is 12.2. The number of carbonyl (C=O) groups excluding carboxylic acids is 3. The molecule has 3 heterocycles. The van der Waals surface area contributed by atoms with Crippen LogP contribution in [0.4, 0.5) is 0 Å². The van der Waals surface area contributed by atoms with E-state index in [1.807, 2.05) is 200 Å². The zero-order chi connectivity index (χ0) is 70.1. The Morgan fingerprint density at radius 3 is 1.02 bits per heavy atom. The lowest BCUT2D eigenvalue weighted by atomic mass is 10.0. The van der Waals surface area contributed by atoms with Crippen LogP contribution in [-0.2, 0) is 84.2 Å². The summed E-state index contributed by atoms with van der Waals surface area (Å²) in [5.41, 5.74) is 13.6. The molecule has 0 N–H and O–H groups in total. The highest BCUT2D eigenvalue weighted by Gasteiger charge is 2.20. The Hall–Kier alpha value is -8.91. The van der Waals surface area contributed by atoms with Gasteiger partial charge in [-0.05, 0) is 174 Å². The third-order valence-electron chi connectivity index (χ3n) is 15.2. The lowest BCUT2D eigenvalue weighted by molar-refractivity contribution is -0.145. The molecule has 97 heavy (non-hydrogen) atoms. The predicted octanol–water partition coefficient (Wildman–Crippen LogP) is 10.7. The highest BCUT2D eigenvalue weighted by atomic mass is 32.2. The average molecular weight is 1380 g/mol. The van der Waals surface area contributed by atoms with Crippen molar-refractivity contribution in [2.45, 2.75) is 82.8 Å². The number of hydrogen-bond donors (Lipinski definition) is 0. The number of rotatable bonds is 26. The zero-order valence-electron chi connectivity index (χ0n) is 56.9. The van der Waals surface area contributed by atoms with Gasteiger partial charge in [-0.15, -0.1) is 0 Å². The second-order valence-electron chi connectivity index (χ2n) is 24.0. The van der Waals surface area contributed by atoms with Crippen molar-refractivity contribution in [2.75, 3.05) is 100 Å². The van der Waals surface area contributed by atoms with Crippen molar-refractivity contribution in [1.82, 2.24) is 44.0 Å². The second-order valence-corrected chi connectivity index (χ2v) is 30.2. The van der Waals surface area contributed by atoms with E-state index in [-0.39, 0.29) is 55.6 Å². The van der Waals surface area contributed by atoms with E-state index in [1.165, 1.54) is 12.5 Å². The summed E-state index contributed by atoms with van der Waals surface area (Å²) in [6.45, 7) is 12.3. The van der Waals surface area contributed by atoms with Gasteiger partial charge in [-0.25, -0.2) is 25.3 Å². The van der Waals surface area contributed by atoms with E-state index in [0.29, 0.717) is 55.7 Å². The van der Waals surface area contributed by atoms with Gasteiger partial charge < -0.3 is 28.9 Å². The molecule has 6 aromatic carbocycles. The summed E-state index contributed by atoms with van der Waals surface area (Å²) in [6.07, 6.45) is 3.09. The topological polar surface area (TPSA) is 244 Å². The molecular weight excluding hydrogens is 1290 g/mol. The van der Waals surface area contributed by atoms with E-state index < -0.39 is 29.5 Å². The molecule has 0 atom stereocenters. The zero-order valence-corrected chi connectivity index (χ0v) is 59.4. The molecule has 0 saturated carbocycles. The van der Waals surface area contributed by atoms with Crippen molar-refractivity contribution in [3.05, 3.63) is 180 Å². The quantitative estimate of drug-likeness (QED) is 0.0361. The largest absolute Gasteiger partial charge is 0.463 e. The van der Waals surface area contributed by atoms with Crippen molar-refractivity contribution < 1.29 is 53.8 Å². The number of sulfone groups is 3. The standard InChI is InChI=1S/C25H31N3O4S.C24H29N3O4S.C23H27N3O4S.CH4/c1-6-19-7-12-22(16-24(19)33(5,30)31)20-8-10-21(11-9-20)23-15-18(2)26-28(23)17-25(29)32-14-13-27(3)4;1-5-32(29,30)22-8-6-7-21(16-22)19-9-11-20(12-10-19)23-15-18(2)25-27(23)17-24(28)31-14-13-26(3)4;1-17-14-22(26(24-17)16-23(27)30-13-12-25(2)3)19-10-8-18(9-11-19)20-6-5-7-21(15-20)31(4,28)29;/h7-12,15-16H,6,13-14,17H2,1-5H3;6-12,15-16H,5,13-14,17H2,1-4H3;5-11,14-15H,12-13,16H2,1-4H3;1H4. The lowest BCUT2D eigenvalue weighted by Gasteiger charge is -2.12. The molecule has 0 amide bonds. The van der Waals surface area contributed by atoms with E-state index in [0.717, 1.165) is 89.8 Å². The van der Waals surface area contributed by atoms with E-state index in [4.69, 9.17) is 14.2 Å². The van der Waals surface area contributed by atoms with Gasteiger partial charge in [0.25, 0.3) is 0 Å². The number of aryl methyl sites for hydroxylation is 4. The van der Waals surface area contributed by atoms with Crippen LogP contribution >= 0.6 is 0 Å². The Bertz CT molecular complexity index is 4480. The monoisotopic (exact) mass is 1380 g/mol. The second kappa shape index (κ2) is 34.9. The number of benzene rings is 6.